The number of nitriles is 1. The van der Waals surface area contributed by atoms with Gasteiger partial charge in [-0.25, -0.2) is 13.1 Å². The first-order chi connectivity index (χ1) is 9.36. The van der Waals surface area contributed by atoms with E-state index in [1.54, 1.807) is 0 Å². The van der Waals surface area contributed by atoms with Crippen LogP contribution in [0.25, 0.3) is 0 Å². The Kier molecular flexibility index (Phi) is 6.43. The minimum absolute atomic E-state index is 0.0251. The van der Waals surface area contributed by atoms with Crippen LogP contribution in [-0.2, 0) is 14.8 Å². The first-order valence-electron chi connectivity index (χ1n) is 6.17. The van der Waals surface area contributed by atoms with Crippen LogP contribution in [0.4, 0.5) is 0 Å². The van der Waals surface area contributed by atoms with Gasteiger partial charge in [0.15, 0.2) is 0 Å². The number of nitrogens with zero attached hydrogens (tertiary/aromatic N) is 1. The molecule has 0 fully saturated rings. The largest absolute Gasteiger partial charge is 0.379 e. The highest BCUT2D eigenvalue weighted by molar-refractivity contribution is 7.89. The van der Waals surface area contributed by atoms with Gasteiger partial charge >= 0.3 is 0 Å². The van der Waals surface area contributed by atoms with Gasteiger partial charge in [0.05, 0.1) is 22.8 Å². The molecule has 1 rings (SSSR count). The molecule has 0 heterocycles. The summed E-state index contributed by atoms with van der Waals surface area (Å²) >= 11 is 5.88. The molecule has 0 bridgehead atoms. The minimum atomic E-state index is -3.66. The average Bonchev–Trinajstić information content (AvgIpc) is 2.37. The maximum Gasteiger partial charge on any atom is 0.242 e. The van der Waals surface area contributed by atoms with Crippen molar-refractivity contribution in [1.82, 2.24) is 4.72 Å². The predicted molar refractivity (Wildman–Crippen MR) is 77.1 cm³/mol. The Balaban J connectivity index is 2.63. The van der Waals surface area contributed by atoms with Crippen LogP contribution in [0.1, 0.15) is 25.8 Å². The maximum atomic E-state index is 12.0. The van der Waals surface area contributed by atoms with E-state index in [0.29, 0.717) is 18.6 Å². The lowest BCUT2D eigenvalue weighted by Crippen LogP contribution is -2.26. The minimum Gasteiger partial charge on any atom is -0.379 e. The molecule has 0 aliphatic rings. The van der Waals surface area contributed by atoms with Crippen molar-refractivity contribution >= 4 is 21.6 Å². The summed E-state index contributed by atoms with van der Waals surface area (Å²) in [5.41, 5.74) is 0.319. The first-order valence-corrected chi connectivity index (χ1v) is 8.04. The number of halogens is 1. The third-order valence-corrected chi connectivity index (χ3v) is 4.36. The number of hydrogen-bond acceptors (Lipinski definition) is 4. The molecule has 1 N–H and O–H groups in total. The molecule has 1 aromatic carbocycles. The van der Waals surface area contributed by atoms with Crippen molar-refractivity contribution in [1.29, 1.82) is 5.26 Å². The van der Waals surface area contributed by atoms with Gasteiger partial charge < -0.3 is 4.74 Å². The van der Waals surface area contributed by atoms with Gasteiger partial charge in [0.25, 0.3) is 0 Å². The van der Waals surface area contributed by atoms with Crippen LogP contribution in [0.3, 0.4) is 0 Å². The monoisotopic (exact) mass is 316 g/mol. The smallest absolute Gasteiger partial charge is 0.242 e. The van der Waals surface area contributed by atoms with Crippen LogP contribution in [0, 0.1) is 11.3 Å². The normalized spacial score (nSPS) is 11.6. The molecule has 0 saturated carbocycles. The SMILES string of the molecule is CC(C)OCCCNS(=O)(=O)c1ccc(C#N)cc1Cl. The van der Waals surface area contributed by atoms with E-state index in [1.807, 2.05) is 19.9 Å². The Morgan fingerprint density at radius 3 is 2.70 bits per heavy atom. The van der Waals surface area contributed by atoms with E-state index in [9.17, 15) is 8.42 Å². The van der Waals surface area contributed by atoms with Gasteiger partial charge in [-0.2, -0.15) is 5.26 Å². The number of nitrogens with one attached hydrogen (secondary N) is 1. The highest BCUT2D eigenvalue weighted by Gasteiger charge is 2.17. The maximum absolute atomic E-state index is 12.0. The standard InChI is InChI=1S/C13H17ClN2O3S/c1-10(2)19-7-3-6-16-20(17,18)13-5-4-11(9-15)8-12(13)14/h4-5,8,10,16H,3,6-7H2,1-2H3. The summed E-state index contributed by atoms with van der Waals surface area (Å²) in [6.45, 7) is 4.59. The van der Waals surface area contributed by atoms with E-state index in [0.717, 1.165) is 0 Å². The molecule has 0 aliphatic carbocycles. The van der Waals surface area contributed by atoms with Gasteiger partial charge in [0.1, 0.15) is 4.90 Å². The molecule has 0 aliphatic heterocycles. The van der Waals surface area contributed by atoms with Crippen LogP contribution in [0.15, 0.2) is 23.1 Å². The molecule has 7 heteroatoms. The quantitative estimate of drug-likeness (QED) is 0.783. The lowest BCUT2D eigenvalue weighted by molar-refractivity contribution is 0.0778. The van der Waals surface area contributed by atoms with Crippen molar-refractivity contribution in [2.75, 3.05) is 13.2 Å². The van der Waals surface area contributed by atoms with E-state index in [4.69, 9.17) is 21.6 Å². The van der Waals surface area contributed by atoms with Crippen LogP contribution >= 0.6 is 11.6 Å². The summed E-state index contributed by atoms with van der Waals surface area (Å²) in [6, 6.07) is 5.98. The Hall–Kier alpha value is -1.13. The highest BCUT2D eigenvalue weighted by Crippen LogP contribution is 2.22. The van der Waals surface area contributed by atoms with Crippen molar-refractivity contribution in [2.24, 2.45) is 0 Å². The van der Waals surface area contributed by atoms with Crippen molar-refractivity contribution in [3.05, 3.63) is 28.8 Å². The molecule has 0 radical (unpaired) electrons. The second-order valence-electron chi connectivity index (χ2n) is 4.43. The Bertz CT molecular complexity index is 594. The number of benzene rings is 1. The Morgan fingerprint density at radius 1 is 1.45 bits per heavy atom. The van der Waals surface area contributed by atoms with E-state index >= 15 is 0 Å². The lowest BCUT2D eigenvalue weighted by atomic mass is 10.2. The molecule has 110 valence electrons. The molecule has 0 amide bonds. The van der Waals surface area contributed by atoms with E-state index in [2.05, 4.69) is 4.72 Å². The molecular weight excluding hydrogens is 300 g/mol. The van der Waals surface area contributed by atoms with Crippen molar-refractivity contribution in [3.8, 4) is 6.07 Å². The summed E-state index contributed by atoms with van der Waals surface area (Å²) in [6.07, 6.45) is 0.699. The molecule has 20 heavy (non-hydrogen) atoms. The molecule has 0 unspecified atom stereocenters. The van der Waals surface area contributed by atoms with Crippen LogP contribution < -0.4 is 4.72 Å². The fourth-order valence-corrected chi connectivity index (χ4v) is 3.08. The third-order valence-electron chi connectivity index (χ3n) is 2.41. The van der Waals surface area contributed by atoms with Gasteiger partial charge in [-0.15, -0.1) is 0 Å². The number of sulfonamides is 1. The number of hydrogen-bond donors (Lipinski definition) is 1. The van der Waals surface area contributed by atoms with Crippen molar-refractivity contribution < 1.29 is 13.2 Å². The zero-order valence-electron chi connectivity index (χ0n) is 11.4. The second kappa shape index (κ2) is 7.60. The Morgan fingerprint density at radius 2 is 2.15 bits per heavy atom. The van der Waals surface area contributed by atoms with Crippen LogP contribution in [-0.4, -0.2) is 27.7 Å². The van der Waals surface area contributed by atoms with Gasteiger partial charge in [0, 0.05) is 13.2 Å². The topological polar surface area (TPSA) is 79.2 Å². The van der Waals surface area contributed by atoms with Gasteiger partial charge in [0.2, 0.25) is 10.0 Å². The fourth-order valence-electron chi connectivity index (χ4n) is 1.46. The lowest BCUT2D eigenvalue weighted by Gasteiger charge is -2.10. The molecule has 0 spiro atoms. The predicted octanol–water partition coefficient (Wildman–Crippen LogP) is 2.31. The Labute approximate surface area is 124 Å². The molecular formula is C13H17ClN2O3S. The number of ether oxygens (including phenoxy) is 1. The van der Waals surface area contributed by atoms with Gasteiger partial charge in [-0.1, -0.05) is 11.6 Å². The molecule has 0 saturated heterocycles. The van der Waals surface area contributed by atoms with Crippen molar-refractivity contribution in [2.45, 2.75) is 31.3 Å². The second-order valence-corrected chi connectivity index (χ2v) is 6.57. The third kappa shape index (κ3) is 5.10. The molecule has 1 aromatic rings. The molecule has 0 aromatic heterocycles. The van der Waals surface area contributed by atoms with Crippen LogP contribution in [0.2, 0.25) is 5.02 Å². The highest BCUT2D eigenvalue weighted by atomic mass is 35.5. The fraction of sp³-hybridized carbons (Fsp3) is 0.462. The number of rotatable bonds is 7. The van der Waals surface area contributed by atoms with Crippen LogP contribution in [0.5, 0.6) is 0 Å². The van der Waals surface area contributed by atoms with Gasteiger partial charge in [-0.3, -0.25) is 0 Å². The molecule has 0 atom stereocenters. The summed E-state index contributed by atoms with van der Waals surface area (Å²) in [7, 11) is -3.66. The van der Waals surface area contributed by atoms with E-state index in [-0.39, 0.29) is 22.6 Å². The van der Waals surface area contributed by atoms with E-state index in [1.165, 1.54) is 18.2 Å². The summed E-state index contributed by atoms with van der Waals surface area (Å²) < 4.78 is 31.8. The zero-order chi connectivity index (χ0) is 15.2. The summed E-state index contributed by atoms with van der Waals surface area (Å²) in [4.78, 5) is -0.0251. The summed E-state index contributed by atoms with van der Waals surface area (Å²) in [5, 5.41) is 8.75. The van der Waals surface area contributed by atoms with Crippen molar-refractivity contribution in [3.63, 3.8) is 0 Å². The first kappa shape index (κ1) is 16.9. The van der Waals surface area contributed by atoms with Gasteiger partial charge in [-0.05, 0) is 38.5 Å². The summed E-state index contributed by atoms with van der Waals surface area (Å²) in [5.74, 6) is 0. The average molecular weight is 317 g/mol. The molecule has 5 nitrogen and oxygen atoms in total. The zero-order valence-corrected chi connectivity index (χ0v) is 13.0. The van der Waals surface area contributed by atoms with E-state index < -0.39 is 10.0 Å².